The van der Waals surface area contributed by atoms with Crippen LogP contribution >= 0.6 is 12.2 Å². The van der Waals surface area contributed by atoms with E-state index in [-0.39, 0.29) is 10.7 Å². The summed E-state index contributed by atoms with van der Waals surface area (Å²) in [5.74, 6) is 0.317. The maximum atomic E-state index is 13.5. The van der Waals surface area contributed by atoms with Crippen molar-refractivity contribution in [1.29, 1.82) is 0 Å². The molecule has 176 valence electrons. The van der Waals surface area contributed by atoms with Crippen LogP contribution < -0.4 is 15.0 Å². The van der Waals surface area contributed by atoms with Gasteiger partial charge in [0.2, 0.25) is 0 Å². The summed E-state index contributed by atoms with van der Waals surface area (Å²) in [6.07, 6.45) is 1.63. The average Bonchev–Trinajstić information content (AvgIpc) is 2.89. The fourth-order valence-corrected chi connectivity index (χ4v) is 4.36. The highest BCUT2D eigenvalue weighted by Gasteiger charge is 2.34. The molecule has 0 unspecified atom stereocenters. The number of ether oxygens (including phenoxy) is 1. The van der Waals surface area contributed by atoms with Gasteiger partial charge in [-0.1, -0.05) is 66.7 Å². The van der Waals surface area contributed by atoms with Crippen molar-refractivity contribution in [2.75, 3.05) is 4.90 Å². The van der Waals surface area contributed by atoms with Gasteiger partial charge in [0.1, 0.15) is 17.1 Å². The van der Waals surface area contributed by atoms with Crippen LogP contribution in [0.4, 0.5) is 5.69 Å². The van der Waals surface area contributed by atoms with Crippen molar-refractivity contribution in [3.8, 4) is 22.6 Å². The molecule has 36 heavy (non-hydrogen) atoms. The Kier molecular flexibility index (Phi) is 6.43. The van der Waals surface area contributed by atoms with Crippen molar-refractivity contribution in [2.45, 2.75) is 6.92 Å². The summed E-state index contributed by atoms with van der Waals surface area (Å²) in [7, 11) is 0. The molecule has 0 spiro atoms. The molecule has 0 bridgehead atoms. The molecule has 1 fully saturated rings. The monoisotopic (exact) mass is 490 g/mol. The van der Waals surface area contributed by atoms with E-state index in [1.54, 1.807) is 30.3 Å². The summed E-state index contributed by atoms with van der Waals surface area (Å²) < 4.78 is 5.84. The lowest BCUT2D eigenvalue weighted by Gasteiger charge is -2.29. The van der Waals surface area contributed by atoms with E-state index < -0.39 is 11.8 Å². The highest BCUT2D eigenvalue weighted by molar-refractivity contribution is 7.80. The van der Waals surface area contributed by atoms with E-state index in [0.29, 0.717) is 17.2 Å². The smallest absolute Gasteiger partial charge is 0.270 e. The topological polar surface area (TPSA) is 58.6 Å². The lowest BCUT2D eigenvalue weighted by Crippen LogP contribution is -2.54. The largest absolute Gasteiger partial charge is 0.457 e. The van der Waals surface area contributed by atoms with E-state index in [9.17, 15) is 9.59 Å². The third kappa shape index (κ3) is 4.67. The second kappa shape index (κ2) is 9.98. The molecule has 4 aromatic carbocycles. The molecule has 5 rings (SSSR count). The van der Waals surface area contributed by atoms with Crippen molar-refractivity contribution in [1.82, 2.24) is 5.32 Å². The van der Waals surface area contributed by atoms with Crippen molar-refractivity contribution in [3.63, 3.8) is 0 Å². The van der Waals surface area contributed by atoms with E-state index in [0.717, 1.165) is 22.3 Å². The van der Waals surface area contributed by atoms with Gasteiger partial charge >= 0.3 is 0 Å². The molecule has 5 nitrogen and oxygen atoms in total. The molecule has 0 saturated carbocycles. The Bertz CT molecular complexity index is 1490. The number of thiocarbonyl (C=S) groups is 1. The number of hydrogen-bond donors (Lipinski definition) is 1. The summed E-state index contributed by atoms with van der Waals surface area (Å²) in [5.41, 5.74) is 4.38. The minimum absolute atomic E-state index is 0.00856. The maximum Gasteiger partial charge on any atom is 0.270 e. The van der Waals surface area contributed by atoms with Crippen molar-refractivity contribution >= 4 is 40.9 Å². The SMILES string of the molecule is Cc1ccccc1-c1ccccc1/C=C1\C(=O)NC(=S)N(c2ccc(Oc3ccccc3)cc2)C1=O. The molecule has 1 N–H and O–H groups in total. The zero-order valence-corrected chi connectivity index (χ0v) is 20.3. The summed E-state index contributed by atoms with van der Waals surface area (Å²) in [6, 6.07) is 32.1. The van der Waals surface area contributed by atoms with Crippen LogP contribution in [-0.4, -0.2) is 16.9 Å². The minimum atomic E-state index is -0.523. The molecule has 0 aromatic heterocycles. The third-order valence-corrected chi connectivity index (χ3v) is 6.16. The number of carbonyl (C=O) groups excluding carboxylic acids is 2. The lowest BCUT2D eigenvalue weighted by atomic mass is 9.94. The van der Waals surface area contributed by atoms with Gasteiger partial charge in [-0.3, -0.25) is 19.8 Å². The number of para-hydroxylation sites is 1. The molecular weight excluding hydrogens is 468 g/mol. The summed E-state index contributed by atoms with van der Waals surface area (Å²) >= 11 is 5.35. The number of benzene rings is 4. The number of carbonyl (C=O) groups is 2. The van der Waals surface area contributed by atoms with Gasteiger partial charge in [0, 0.05) is 0 Å². The van der Waals surface area contributed by atoms with Gasteiger partial charge < -0.3 is 4.74 Å². The van der Waals surface area contributed by atoms with Crippen LogP contribution in [0.15, 0.2) is 109 Å². The lowest BCUT2D eigenvalue weighted by molar-refractivity contribution is -0.122. The molecule has 2 amide bonds. The first kappa shape index (κ1) is 23.2. The first-order chi connectivity index (χ1) is 17.5. The molecule has 1 aliphatic heterocycles. The van der Waals surface area contributed by atoms with Crippen molar-refractivity contribution in [3.05, 3.63) is 120 Å². The second-order valence-electron chi connectivity index (χ2n) is 8.27. The van der Waals surface area contributed by atoms with Crippen LogP contribution in [0.1, 0.15) is 11.1 Å². The zero-order valence-electron chi connectivity index (χ0n) is 19.5. The summed E-state index contributed by atoms with van der Waals surface area (Å²) in [6.45, 7) is 2.03. The van der Waals surface area contributed by atoms with Crippen molar-refractivity contribution < 1.29 is 14.3 Å². The minimum Gasteiger partial charge on any atom is -0.457 e. The number of nitrogens with one attached hydrogen (secondary N) is 1. The van der Waals surface area contributed by atoms with E-state index in [1.807, 2.05) is 85.8 Å². The Hall–Kier alpha value is -4.55. The number of aryl methyl sites for hydroxylation is 1. The number of amides is 2. The third-order valence-electron chi connectivity index (χ3n) is 5.87. The van der Waals surface area contributed by atoms with E-state index in [2.05, 4.69) is 5.32 Å². The Morgan fingerprint density at radius 1 is 0.750 bits per heavy atom. The molecule has 1 heterocycles. The summed E-state index contributed by atoms with van der Waals surface area (Å²) in [5, 5.41) is 2.69. The number of hydrogen-bond acceptors (Lipinski definition) is 4. The van der Waals surface area contributed by atoms with Gasteiger partial charge in [-0.05, 0) is 83.9 Å². The average molecular weight is 491 g/mol. The Morgan fingerprint density at radius 3 is 2.08 bits per heavy atom. The van der Waals surface area contributed by atoms with Crippen LogP contribution in [0.25, 0.3) is 17.2 Å². The predicted molar refractivity (Wildman–Crippen MR) is 146 cm³/mol. The molecule has 1 saturated heterocycles. The highest BCUT2D eigenvalue weighted by atomic mass is 32.1. The van der Waals surface area contributed by atoms with Gasteiger partial charge in [-0.15, -0.1) is 0 Å². The molecule has 0 atom stereocenters. The molecule has 1 aliphatic rings. The second-order valence-corrected chi connectivity index (χ2v) is 8.66. The highest BCUT2D eigenvalue weighted by Crippen LogP contribution is 2.30. The standard InChI is InChI=1S/C30H22N2O3S/c1-20-9-5-7-13-25(20)26-14-8-6-10-21(26)19-27-28(33)31-30(36)32(29(27)34)22-15-17-24(18-16-22)35-23-11-3-2-4-12-23/h2-19H,1H3,(H,31,33,36)/b27-19+. The van der Waals surface area contributed by atoms with E-state index in [4.69, 9.17) is 17.0 Å². The van der Waals surface area contributed by atoms with Crippen LogP contribution in [0.3, 0.4) is 0 Å². The molecule has 0 radical (unpaired) electrons. The number of anilines is 1. The Balaban J connectivity index is 1.47. The normalized spacial score (nSPS) is 14.6. The van der Waals surface area contributed by atoms with E-state index in [1.165, 1.54) is 4.90 Å². The van der Waals surface area contributed by atoms with Gasteiger partial charge in [0.05, 0.1) is 5.69 Å². The fraction of sp³-hybridized carbons (Fsp3) is 0.0333. The maximum absolute atomic E-state index is 13.5. The fourth-order valence-electron chi connectivity index (χ4n) is 4.08. The zero-order chi connectivity index (χ0) is 25.1. The van der Waals surface area contributed by atoms with Gasteiger partial charge in [-0.25, -0.2) is 0 Å². The predicted octanol–water partition coefficient (Wildman–Crippen LogP) is 6.29. The van der Waals surface area contributed by atoms with Crippen LogP contribution in [0.2, 0.25) is 0 Å². The van der Waals surface area contributed by atoms with Crippen LogP contribution in [0.5, 0.6) is 11.5 Å². The first-order valence-electron chi connectivity index (χ1n) is 11.4. The number of rotatable bonds is 5. The van der Waals surface area contributed by atoms with Crippen LogP contribution in [0, 0.1) is 6.92 Å². The number of nitrogens with zero attached hydrogens (tertiary/aromatic N) is 1. The van der Waals surface area contributed by atoms with Crippen LogP contribution in [-0.2, 0) is 9.59 Å². The molecule has 6 heteroatoms. The Labute approximate surface area is 214 Å². The quantitative estimate of drug-likeness (QED) is 0.203. The molecule has 0 aliphatic carbocycles. The van der Waals surface area contributed by atoms with Gasteiger partial charge in [-0.2, -0.15) is 0 Å². The van der Waals surface area contributed by atoms with Crippen molar-refractivity contribution in [2.24, 2.45) is 0 Å². The molecular formula is C30H22N2O3S. The summed E-state index contributed by atoms with van der Waals surface area (Å²) in [4.78, 5) is 27.7. The van der Waals surface area contributed by atoms with Gasteiger partial charge in [0.15, 0.2) is 5.11 Å². The molecule has 4 aromatic rings. The van der Waals surface area contributed by atoms with Gasteiger partial charge in [0.25, 0.3) is 11.8 Å². The Morgan fingerprint density at radius 2 is 1.36 bits per heavy atom. The first-order valence-corrected chi connectivity index (χ1v) is 11.8. The van der Waals surface area contributed by atoms with E-state index >= 15 is 0 Å².